The summed E-state index contributed by atoms with van der Waals surface area (Å²) in [6, 6.07) is 15.2. The molecule has 0 aliphatic heterocycles. The number of rotatable bonds is 5. The van der Waals surface area contributed by atoms with Crippen molar-refractivity contribution >= 4 is 28.4 Å². The molecular formula is C19H20N2O4. The van der Waals surface area contributed by atoms with E-state index in [2.05, 4.69) is 5.32 Å². The number of furan rings is 1. The lowest BCUT2D eigenvalue weighted by Crippen LogP contribution is -2.25. The molecule has 0 fully saturated rings. The van der Waals surface area contributed by atoms with Crippen LogP contribution in [0.25, 0.3) is 11.0 Å². The van der Waals surface area contributed by atoms with Crippen LogP contribution in [0.5, 0.6) is 5.75 Å². The van der Waals surface area contributed by atoms with Gasteiger partial charge in [-0.25, -0.2) is 4.79 Å². The number of benzene rings is 2. The largest absolute Gasteiger partial charge is 0.497 e. The summed E-state index contributed by atoms with van der Waals surface area (Å²) in [5.41, 5.74) is 2.51. The van der Waals surface area contributed by atoms with E-state index in [0.717, 1.165) is 33.9 Å². The molecule has 1 aromatic heterocycles. The second kappa shape index (κ2) is 7.17. The highest BCUT2D eigenvalue weighted by molar-refractivity contribution is 5.87. The number of carbonyl (C=O) groups excluding carboxylic acids is 1. The molecule has 1 amide bonds. The minimum Gasteiger partial charge on any atom is -0.497 e. The number of methoxy groups -OCH3 is 2. The second-order valence-corrected chi connectivity index (χ2v) is 5.55. The maximum Gasteiger partial charge on any atom is 0.413 e. The fourth-order valence-electron chi connectivity index (χ4n) is 2.52. The Labute approximate surface area is 145 Å². The molecule has 3 aromatic rings. The third-order valence-electron chi connectivity index (χ3n) is 3.94. The van der Waals surface area contributed by atoms with Crippen molar-refractivity contribution in [1.29, 1.82) is 0 Å². The number of fused-ring (bicyclic) bond motifs is 1. The van der Waals surface area contributed by atoms with Crippen LogP contribution in [0.1, 0.15) is 5.76 Å². The van der Waals surface area contributed by atoms with Crippen LogP contribution >= 0.6 is 0 Å². The third-order valence-corrected chi connectivity index (χ3v) is 3.94. The summed E-state index contributed by atoms with van der Waals surface area (Å²) >= 11 is 0. The van der Waals surface area contributed by atoms with Crippen LogP contribution < -0.4 is 15.0 Å². The van der Waals surface area contributed by atoms with Crippen LogP contribution in [0.4, 0.5) is 16.2 Å². The first-order valence-corrected chi connectivity index (χ1v) is 7.83. The van der Waals surface area contributed by atoms with Gasteiger partial charge in [0.2, 0.25) is 0 Å². The van der Waals surface area contributed by atoms with Gasteiger partial charge in [0.05, 0.1) is 20.8 Å². The topological polar surface area (TPSA) is 63.9 Å². The molecule has 0 saturated heterocycles. The summed E-state index contributed by atoms with van der Waals surface area (Å²) in [6.45, 7) is 0.559. The molecule has 0 saturated carbocycles. The van der Waals surface area contributed by atoms with E-state index in [-0.39, 0.29) is 0 Å². The molecule has 6 heteroatoms. The average Bonchev–Trinajstić information content (AvgIpc) is 3.07. The van der Waals surface area contributed by atoms with E-state index in [1.165, 1.54) is 12.0 Å². The van der Waals surface area contributed by atoms with Gasteiger partial charge in [0.25, 0.3) is 0 Å². The molecule has 25 heavy (non-hydrogen) atoms. The summed E-state index contributed by atoms with van der Waals surface area (Å²) in [4.78, 5) is 12.9. The van der Waals surface area contributed by atoms with Gasteiger partial charge in [-0.1, -0.05) is 0 Å². The van der Waals surface area contributed by atoms with Crippen molar-refractivity contribution in [1.82, 2.24) is 0 Å². The highest BCUT2D eigenvalue weighted by atomic mass is 16.5. The molecule has 0 aliphatic carbocycles. The first kappa shape index (κ1) is 16.7. The fraction of sp³-hybridized carbons (Fsp3) is 0.211. The predicted octanol–water partition coefficient (Wildman–Crippen LogP) is 4.26. The maximum absolute atomic E-state index is 11.5. The lowest BCUT2D eigenvalue weighted by molar-refractivity contribution is 0.180. The second-order valence-electron chi connectivity index (χ2n) is 5.55. The summed E-state index contributed by atoms with van der Waals surface area (Å²) in [7, 11) is 4.67. The van der Waals surface area contributed by atoms with Gasteiger partial charge >= 0.3 is 6.09 Å². The molecule has 0 unspecified atom stereocenters. The van der Waals surface area contributed by atoms with Gasteiger partial charge in [-0.3, -0.25) is 4.90 Å². The highest BCUT2D eigenvalue weighted by Crippen LogP contribution is 2.25. The van der Waals surface area contributed by atoms with Crippen LogP contribution in [-0.4, -0.2) is 27.4 Å². The van der Waals surface area contributed by atoms with Crippen molar-refractivity contribution < 1.29 is 18.7 Å². The van der Waals surface area contributed by atoms with Gasteiger partial charge < -0.3 is 19.2 Å². The Kier molecular flexibility index (Phi) is 4.79. The zero-order valence-electron chi connectivity index (χ0n) is 14.4. The number of carbonyl (C=O) groups is 1. The van der Waals surface area contributed by atoms with E-state index >= 15 is 0 Å². The first-order chi connectivity index (χ1) is 12.1. The number of nitrogens with one attached hydrogen (secondary N) is 1. The van der Waals surface area contributed by atoms with Crippen molar-refractivity contribution in [2.24, 2.45) is 0 Å². The molecule has 1 N–H and O–H groups in total. The van der Waals surface area contributed by atoms with Crippen molar-refractivity contribution in [3.8, 4) is 5.75 Å². The van der Waals surface area contributed by atoms with Gasteiger partial charge in [-0.2, -0.15) is 0 Å². The first-order valence-electron chi connectivity index (χ1n) is 7.83. The molecule has 2 aromatic carbocycles. The summed E-state index contributed by atoms with van der Waals surface area (Å²) in [5, 5.41) is 4.31. The van der Waals surface area contributed by atoms with E-state index in [1.54, 1.807) is 14.2 Å². The third kappa shape index (κ3) is 3.68. The highest BCUT2D eigenvalue weighted by Gasteiger charge is 2.10. The fourth-order valence-corrected chi connectivity index (χ4v) is 2.52. The van der Waals surface area contributed by atoms with Crippen LogP contribution in [0.2, 0.25) is 0 Å². The van der Waals surface area contributed by atoms with E-state index in [1.807, 2.05) is 48.5 Å². The monoisotopic (exact) mass is 340 g/mol. The zero-order valence-corrected chi connectivity index (χ0v) is 14.4. The van der Waals surface area contributed by atoms with Gasteiger partial charge in [0.15, 0.2) is 0 Å². The van der Waals surface area contributed by atoms with Gasteiger partial charge in [0, 0.05) is 23.8 Å². The number of anilines is 2. The lowest BCUT2D eigenvalue weighted by Gasteiger charge is -2.16. The Morgan fingerprint density at radius 3 is 2.56 bits per heavy atom. The van der Waals surface area contributed by atoms with E-state index < -0.39 is 6.09 Å². The zero-order chi connectivity index (χ0) is 17.8. The molecule has 6 nitrogen and oxygen atoms in total. The van der Waals surface area contributed by atoms with Crippen LogP contribution in [0.3, 0.4) is 0 Å². The minimum absolute atomic E-state index is 0.404. The molecule has 130 valence electrons. The molecule has 3 rings (SSSR count). The minimum atomic E-state index is -0.404. The Morgan fingerprint density at radius 1 is 1.12 bits per heavy atom. The molecule has 0 aliphatic rings. The maximum atomic E-state index is 11.5. The van der Waals surface area contributed by atoms with Crippen molar-refractivity contribution in [3.63, 3.8) is 0 Å². The van der Waals surface area contributed by atoms with E-state index in [0.29, 0.717) is 6.54 Å². The number of hydrogen-bond donors (Lipinski definition) is 1. The SMILES string of the molecule is COC(=O)N(C)c1ccc(NCc2cc3cc(OC)ccc3o2)cc1. The molecular weight excluding hydrogens is 320 g/mol. The predicted molar refractivity (Wildman–Crippen MR) is 97.3 cm³/mol. The van der Waals surface area contributed by atoms with E-state index in [9.17, 15) is 4.79 Å². The van der Waals surface area contributed by atoms with Gasteiger partial charge in [0.1, 0.15) is 17.1 Å². The average molecular weight is 340 g/mol. The Morgan fingerprint density at radius 2 is 1.88 bits per heavy atom. The van der Waals surface area contributed by atoms with Gasteiger partial charge in [-0.05, 0) is 48.5 Å². The molecule has 0 radical (unpaired) electrons. The van der Waals surface area contributed by atoms with Crippen LogP contribution in [0, 0.1) is 0 Å². The Bertz CT molecular complexity index is 871. The van der Waals surface area contributed by atoms with Crippen LogP contribution in [0.15, 0.2) is 52.9 Å². The van der Waals surface area contributed by atoms with Gasteiger partial charge in [-0.15, -0.1) is 0 Å². The van der Waals surface area contributed by atoms with Crippen LogP contribution in [-0.2, 0) is 11.3 Å². The number of amides is 1. The lowest BCUT2D eigenvalue weighted by atomic mass is 10.2. The molecule has 0 atom stereocenters. The Balaban J connectivity index is 1.66. The standard InChI is InChI=1S/C19H20N2O4/c1-21(19(22)24-3)15-6-4-14(5-7-15)20-12-17-11-13-10-16(23-2)8-9-18(13)25-17/h4-11,20H,12H2,1-3H3. The quantitative estimate of drug-likeness (QED) is 0.752. The molecule has 0 spiro atoms. The van der Waals surface area contributed by atoms with Crippen molar-refractivity contribution in [2.45, 2.75) is 6.54 Å². The number of nitrogens with zero attached hydrogens (tertiary/aromatic N) is 1. The summed E-state index contributed by atoms with van der Waals surface area (Å²) in [5.74, 6) is 1.64. The Hall–Kier alpha value is -3.15. The number of hydrogen-bond acceptors (Lipinski definition) is 5. The smallest absolute Gasteiger partial charge is 0.413 e. The number of ether oxygens (including phenoxy) is 2. The molecule has 0 bridgehead atoms. The van der Waals surface area contributed by atoms with Crippen molar-refractivity contribution in [2.75, 3.05) is 31.5 Å². The summed E-state index contributed by atoms with van der Waals surface area (Å²) < 4.78 is 15.7. The molecule has 1 heterocycles. The summed E-state index contributed by atoms with van der Waals surface area (Å²) in [6.07, 6.45) is -0.404. The van der Waals surface area contributed by atoms with Crippen molar-refractivity contribution in [3.05, 3.63) is 54.3 Å². The normalized spacial score (nSPS) is 10.5. The van der Waals surface area contributed by atoms with E-state index in [4.69, 9.17) is 13.9 Å².